The van der Waals surface area contributed by atoms with E-state index in [4.69, 9.17) is 10.2 Å². The summed E-state index contributed by atoms with van der Waals surface area (Å²) < 4.78 is 7.28. The maximum atomic E-state index is 6.16. The number of thiophene rings is 1. The first-order valence-electron chi connectivity index (χ1n) is 8.77. The lowest BCUT2D eigenvalue weighted by molar-refractivity contribution is 0.632. The molecule has 0 aliphatic carbocycles. The van der Waals surface area contributed by atoms with E-state index in [1.165, 1.54) is 0 Å². The lowest BCUT2D eigenvalue weighted by atomic mass is 10.0. The molecule has 0 spiro atoms. The number of aromatic nitrogens is 2. The van der Waals surface area contributed by atoms with E-state index in [1.54, 1.807) is 23.7 Å². The van der Waals surface area contributed by atoms with Crippen LogP contribution in [-0.4, -0.2) is 22.7 Å². The van der Waals surface area contributed by atoms with Crippen molar-refractivity contribution < 1.29 is 4.42 Å². The van der Waals surface area contributed by atoms with E-state index in [2.05, 4.69) is 34.2 Å². The number of allylic oxidation sites excluding steroid dienone is 2. The van der Waals surface area contributed by atoms with Gasteiger partial charge in [-0.15, -0.1) is 11.3 Å². The molecule has 4 rings (SSSR count). The zero-order valence-electron chi connectivity index (χ0n) is 15.5. The van der Waals surface area contributed by atoms with Crippen LogP contribution >= 0.6 is 11.3 Å². The van der Waals surface area contributed by atoms with Gasteiger partial charge in [0.05, 0.1) is 4.70 Å². The van der Waals surface area contributed by atoms with Gasteiger partial charge in [0, 0.05) is 64.2 Å². The van der Waals surface area contributed by atoms with Gasteiger partial charge in [0.15, 0.2) is 11.4 Å². The Balaban J connectivity index is 1.96. The third-order valence-corrected chi connectivity index (χ3v) is 5.40. The molecule has 0 radical (unpaired) electrons. The van der Waals surface area contributed by atoms with E-state index in [0.717, 1.165) is 50.1 Å². The summed E-state index contributed by atoms with van der Waals surface area (Å²) in [4.78, 5) is 13.0. The van der Waals surface area contributed by atoms with Crippen LogP contribution < -0.4 is 5.73 Å². The monoisotopic (exact) mass is 376 g/mol. The molecule has 4 aromatic rings. The van der Waals surface area contributed by atoms with E-state index < -0.39 is 0 Å². The van der Waals surface area contributed by atoms with Gasteiger partial charge in [-0.3, -0.25) is 9.98 Å². The number of fused-ring (bicyclic) bond motifs is 2. The van der Waals surface area contributed by atoms with Gasteiger partial charge in [-0.05, 0) is 32.9 Å². The predicted molar refractivity (Wildman–Crippen MR) is 114 cm³/mol. The van der Waals surface area contributed by atoms with E-state index in [-0.39, 0.29) is 0 Å². The molecule has 2 N–H and O–H groups in total. The van der Waals surface area contributed by atoms with Crippen LogP contribution in [0.15, 0.2) is 51.1 Å². The van der Waals surface area contributed by atoms with Gasteiger partial charge in [-0.25, -0.2) is 4.98 Å². The second kappa shape index (κ2) is 6.96. The Labute approximate surface area is 161 Å². The van der Waals surface area contributed by atoms with Crippen LogP contribution in [0.2, 0.25) is 0 Å². The van der Waals surface area contributed by atoms with Crippen molar-refractivity contribution >= 4 is 50.0 Å². The highest BCUT2D eigenvalue weighted by atomic mass is 32.1. The number of nitrogens with two attached hydrogens (primary N) is 1. The van der Waals surface area contributed by atoms with Gasteiger partial charge < -0.3 is 10.2 Å². The highest BCUT2D eigenvalue weighted by molar-refractivity contribution is 7.17. The van der Waals surface area contributed by atoms with Crippen LogP contribution in [0.1, 0.15) is 26.3 Å². The van der Waals surface area contributed by atoms with E-state index in [9.17, 15) is 0 Å². The summed E-state index contributed by atoms with van der Waals surface area (Å²) in [5, 5.41) is 4.16. The maximum Gasteiger partial charge on any atom is 0.177 e. The van der Waals surface area contributed by atoms with Gasteiger partial charge in [0.25, 0.3) is 0 Å². The molecule has 4 aromatic heterocycles. The van der Waals surface area contributed by atoms with Crippen molar-refractivity contribution in [3.63, 3.8) is 0 Å². The third kappa shape index (κ3) is 3.02. The van der Waals surface area contributed by atoms with Gasteiger partial charge in [-0.1, -0.05) is 5.57 Å². The number of hydrogen-bond acceptors (Lipinski definition) is 6. The first-order chi connectivity index (χ1) is 13.1. The molecule has 0 amide bonds. The van der Waals surface area contributed by atoms with Crippen LogP contribution in [0.5, 0.6) is 0 Å². The molecular weight excluding hydrogens is 356 g/mol. The molecule has 0 bridgehead atoms. The van der Waals surface area contributed by atoms with Crippen molar-refractivity contribution in [3.8, 4) is 11.3 Å². The average Bonchev–Trinajstić information content (AvgIpc) is 3.28. The standard InChI is InChI=1S/C21H20N4OS/c1-4-23-8-15(12(2)3)16-9-25-21(22)20-14(16)7-18(26-20)17-11-27-19-10-24-6-5-13(17)19/h5-11H,4H2,1-3H3,(H2,22,25). The van der Waals surface area contributed by atoms with Gasteiger partial charge in [0.2, 0.25) is 0 Å². The number of nitrogen functional groups attached to an aromatic ring is 1. The first-order valence-corrected chi connectivity index (χ1v) is 9.65. The Hall–Kier alpha value is -2.99. The Morgan fingerprint density at radius 1 is 1.30 bits per heavy atom. The molecule has 0 aliphatic rings. The molecule has 4 heterocycles. The van der Waals surface area contributed by atoms with Crippen molar-refractivity contribution in [1.82, 2.24) is 9.97 Å². The minimum Gasteiger partial charge on any atom is -0.452 e. The number of hydrogen-bond donors (Lipinski definition) is 1. The Morgan fingerprint density at radius 2 is 2.15 bits per heavy atom. The molecule has 136 valence electrons. The Bertz CT molecular complexity index is 1200. The smallest absolute Gasteiger partial charge is 0.177 e. The lowest BCUT2D eigenvalue weighted by Gasteiger charge is -2.07. The van der Waals surface area contributed by atoms with Gasteiger partial charge >= 0.3 is 0 Å². The first kappa shape index (κ1) is 17.4. The zero-order chi connectivity index (χ0) is 19.0. The predicted octanol–water partition coefficient (Wildman–Crippen LogP) is 5.57. The molecule has 0 saturated carbocycles. The van der Waals surface area contributed by atoms with Crippen LogP contribution in [0, 0.1) is 0 Å². The van der Waals surface area contributed by atoms with Gasteiger partial charge in [0.1, 0.15) is 5.76 Å². The third-order valence-electron chi connectivity index (χ3n) is 4.46. The number of aliphatic imine (C=N–C) groups is 1. The molecule has 6 heteroatoms. The number of nitrogens with zero attached hydrogens (tertiary/aromatic N) is 3. The largest absolute Gasteiger partial charge is 0.452 e. The van der Waals surface area contributed by atoms with Crippen molar-refractivity contribution in [2.75, 3.05) is 12.3 Å². The Kier molecular flexibility index (Phi) is 4.49. The molecule has 0 fully saturated rings. The lowest BCUT2D eigenvalue weighted by Crippen LogP contribution is -1.96. The summed E-state index contributed by atoms with van der Waals surface area (Å²) >= 11 is 1.65. The minimum absolute atomic E-state index is 0.390. The van der Waals surface area contributed by atoms with E-state index in [1.807, 2.05) is 31.5 Å². The summed E-state index contributed by atoms with van der Waals surface area (Å²) in [6, 6.07) is 4.06. The van der Waals surface area contributed by atoms with E-state index >= 15 is 0 Å². The van der Waals surface area contributed by atoms with Gasteiger partial charge in [-0.2, -0.15) is 0 Å². The fourth-order valence-corrected chi connectivity index (χ4v) is 4.03. The number of rotatable bonds is 4. The summed E-state index contributed by atoms with van der Waals surface area (Å²) in [7, 11) is 0. The van der Waals surface area contributed by atoms with Crippen LogP contribution in [0.3, 0.4) is 0 Å². The topological polar surface area (TPSA) is 77.3 Å². The second-order valence-corrected chi connectivity index (χ2v) is 7.38. The molecule has 0 saturated heterocycles. The van der Waals surface area contributed by atoms with E-state index in [0.29, 0.717) is 11.4 Å². The van der Waals surface area contributed by atoms with Crippen molar-refractivity contribution in [2.24, 2.45) is 4.99 Å². The normalized spacial score (nSPS) is 11.7. The molecule has 0 atom stereocenters. The van der Waals surface area contributed by atoms with Crippen LogP contribution in [0.4, 0.5) is 5.82 Å². The zero-order valence-corrected chi connectivity index (χ0v) is 16.3. The minimum atomic E-state index is 0.390. The number of anilines is 1. The molecular formula is C21H20N4OS. The molecule has 5 nitrogen and oxygen atoms in total. The van der Waals surface area contributed by atoms with Crippen molar-refractivity contribution in [2.45, 2.75) is 20.8 Å². The molecule has 0 aliphatic heterocycles. The highest BCUT2D eigenvalue weighted by Crippen LogP contribution is 2.39. The number of pyridine rings is 2. The van der Waals surface area contributed by atoms with Crippen molar-refractivity contribution in [3.05, 3.63) is 47.2 Å². The Morgan fingerprint density at radius 3 is 2.93 bits per heavy atom. The fourth-order valence-electron chi connectivity index (χ4n) is 3.11. The summed E-state index contributed by atoms with van der Waals surface area (Å²) in [5.74, 6) is 1.17. The van der Waals surface area contributed by atoms with Crippen LogP contribution in [-0.2, 0) is 0 Å². The average molecular weight is 376 g/mol. The maximum absolute atomic E-state index is 6.16. The van der Waals surface area contributed by atoms with Crippen molar-refractivity contribution in [1.29, 1.82) is 0 Å². The summed E-state index contributed by atoms with van der Waals surface area (Å²) in [6.07, 6.45) is 7.37. The molecule has 0 aromatic carbocycles. The highest BCUT2D eigenvalue weighted by Gasteiger charge is 2.17. The summed E-state index contributed by atoms with van der Waals surface area (Å²) in [5.41, 5.74) is 11.0. The second-order valence-electron chi connectivity index (χ2n) is 6.47. The molecule has 27 heavy (non-hydrogen) atoms. The SMILES string of the molecule is CCN=CC(=C(C)C)c1cnc(N)c2oc(-c3csc4cnccc34)cc12. The quantitative estimate of drug-likeness (QED) is 0.472. The summed E-state index contributed by atoms with van der Waals surface area (Å²) in [6.45, 7) is 6.88. The fraction of sp³-hybridized carbons (Fsp3) is 0.190. The number of furan rings is 1. The molecule has 0 unspecified atom stereocenters. The van der Waals surface area contributed by atoms with Crippen LogP contribution in [0.25, 0.3) is 38.0 Å².